The Morgan fingerprint density at radius 2 is 2.07 bits per heavy atom. The minimum atomic E-state index is 0.190. The molecule has 5 heteroatoms. The molecule has 4 nitrogen and oxygen atoms in total. The highest BCUT2D eigenvalue weighted by molar-refractivity contribution is 9.10. The van der Waals surface area contributed by atoms with Gasteiger partial charge in [-0.15, -0.1) is 10.2 Å². The SMILES string of the molecule is Cc1nnc(N)nc1-c1cccc(Br)c1. The number of nitrogens with zero attached hydrogens (tertiary/aromatic N) is 3. The first kappa shape index (κ1) is 10.0. The van der Waals surface area contributed by atoms with E-state index in [1.807, 2.05) is 31.2 Å². The van der Waals surface area contributed by atoms with E-state index in [2.05, 4.69) is 31.1 Å². The van der Waals surface area contributed by atoms with Crippen LogP contribution < -0.4 is 5.73 Å². The molecular weight excluding hydrogens is 256 g/mol. The summed E-state index contributed by atoms with van der Waals surface area (Å²) in [5.41, 5.74) is 8.02. The maximum atomic E-state index is 5.51. The Morgan fingerprint density at radius 3 is 2.80 bits per heavy atom. The molecule has 0 saturated heterocycles. The lowest BCUT2D eigenvalue weighted by molar-refractivity contribution is 0.945. The number of benzene rings is 1. The van der Waals surface area contributed by atoms with E-state index >= 15 is 0 Å². The van der Waals surface area contributed by atoms with Crippen LogP contribution in [0.15, 0.2) is 28.7 Å². The Bertz CT molecular complexity index is 499. The van der Waals surface area contributed by atoms with Crippen molar-refractivity contribution < 1.29 is 0 Å². The minimum Gasteiger partial charge on any atom is -0.366 e. The zero-order valence-corrected chi connectivity index (χ0v) is 9.69. The molecule has 0 amide bonds. The summed E-state index contributed by atoms with van der Waals surface area (Å²) >= 11 is 3.41. The molecule has 2 N–H and O–H groups in total. The van der Waals surface area contributed by atoms with Crippen LogP contribution in [-0.2, 0) is 0 Å². The molecule has 2 rings (SSSR count). The number of aryl methyl sites for hydroxylation is 1. The molecule has 2 aromatic rings. The quantitative estimate of drug-likeness (QED) is 0.858. The lowest BCUT2D eigenvalue weighted by Crippen LogP contribution is -2.01. The van der Waals surface area contributed by atoms with Gasteiger partial charge in [0.25, 0.3) is 0 Å². The Kier molecular flexibility index (Phi) is 2.64. The van der Waals surface area contributed by atoms with Crippen LogP contribution in [-0.4, -0.2) is 15.2 Å². The molecule has 15 heavy (non-hydrogen) atoms. The van der Waals surface area contributed by atoms with Crippen LogP contribution in [0.3, 0.4) is 0 Å². The predicted octanol–water partition coefficient (Wildman–Crippen LogP) is 2.19. The molecule has 0 aliphatic rings. The highest BCUT2D eigenvalue weighted by Gasteiger charge is 2.06. The molecular formula is C10H9BrN4. The van der Waals surface area contributed by atoms with E-state index in [1.165, 1.54) is 0 Å². The van der Waals surface area contributed by atoms with E-state index in [0.717, 1.165) is 21.4 Å². The van der Waals surface area contributed by atoms with Gasteiger partial charge in [0.05, 0.1) is 11.4 Å². The summed E-state index contributed by atoms with van der Waals surface area (Å²) in [4.78, 5) is 4.17. The molecule has 1 aromatic heterocycles. The van der Waals surface area contributed by atoms with E-state index in [1.54, 1.807) is 0 Å². The van der Waals surface area contributed by atoms with Crippen LogP contribution in [0, 0.1) is 6.92 Å². The van der Waals surface area contributed by atoms with Gasteiger partial charge in [0.15, 0.2) is 0 Å². The molecule has 0 bridgehead atoms. The van der Waals surface area contributed by atoms with Gasteiger partial charge >= 0.3 is 0 Å². The Balaban J connectivity index is 2.58. The van der Waals surface area contributed by atoms with E-state index in [4.69, 9.17) is 5.73 Å². The van der Waals surface area contributed by atoms with E-state index < -0.39 is 0 Å². The highest BCUT2D eigenvalue weighted by atomic mass is 79.9. The van der Waals surface area contributed by atoms with Crippen LogP contribution in [0.5, 0.6) is 0 Å². The standard InChI is InChI=1S/C10H9BrN4/c1-6-9(13-10(12)15-14-6)7-3-2-4-8(11)5-7/h2-5H,1H3,(H2,12,13,15). The van der Waals surface area contributed by atoms with Crippen molar-refractivity contribution in [3.8, 4) is 11.3 Å². The van der Waals surface area contributed by atoms with E-state index in [-0.39, 0.29) is 5.95 Å². The number of aromatic nitrogens is 3. The van der Waals surface area contributed by atoms with Gasteiger partial charge in [-0.1, -0.05) is 28.1 Å². The molecule has 76 valence electrons. The fourth-order valence-electron chi connectivity index (χ4n) is 1.30. The Morgan fingerprint density at radius 1 is 1.27 bits per heavy atom. The lowest BCUT2D eigenvalue weighted by Gasteiger charge is -2.04. The molecule has 0 unspecified atom stereocenters. The second-order valence-corrected chi connectivity index (χ2v) is 4.03. The van der Waals surface area contributed by atoms with Crippen molar-refractivity contribution in [1.82, 2.24) is 15.2 Å². The second-order valence-electron chi connectivity index (χ2n) is 3.11. The van der Waals surface area contributed by atoms with E-state index in [9.17, 15) is 0 Å². The monoisotopic (exact) mass is 264 g/mol. The van der Waals surface area contributed by atoms with Crippen LogP contribution in [0.4, 0.5) is 5.95 Å². The number of halogens is 1. The fourth-order valence-corrected chi connectivity index (χ4v) is 1.70. The summed E-state index contributed by atoms with van der Waals surface area (Å²) in [5.74, 6) is 0.190. The van der Waals surface area contributed by atoms with Gasteiger partial charge in [0.1, 0.15) is 0 Å². The maximum absolute atomic E-state index is 5.51. The molecule has 0 saturated carbocycles. The third-order valence-electron chi connectivity index (χ3n) is 1.97. The van der Waals surface area contributed by atoms with Crippen molar-refractivity contribution >= 4 is 21.9 Å². The average molecular weight is 265 g/mol. The molecule has 0 atom stereocenters. The zero-order valence-electron chi connectivity index (χ0n) is 8.11. The van der Waals surface area contributed by atoms with Crippen LogP contribution in [0.1, 0.15) is 5.69 Å². The molecule has 0 spiro atoms. The summed E-state index contributed by atoms with van der Waals surface area (Å²) in [5, 5.41) is 7.62. The molecule has 0 aliphatic carbocycles. The van der Waals surface area contributed by atoms with Gasteiger partial charge in [-0.05, 0) is 19.1 Å². The smallest absolute Gasteiger partial charge is 0.240 e. The number of rotatable bonds is 1. The summed E-state index contributed by atoms with van der Waals surface area (Å²) in [7, 11) is 0. The van der Waals surface area contributed by atoms with Crippen molar-refractivity contribution in [1.29, 1.82) is 0 Å². The topological polar surface area (TPSA) is 64.7 Å². The molecule has 1 heterocycles. The minimum absolute atomic E-state index is 0.190. The third kappa shape index (κ3) is 2.12. The van der Waals surface area contributed by atoms with Crippen LogP contribution in [0.25, 0.3) is 11.3 Å². The third-order valence-corrected chi connectivity index (χ3v) is 2.46. The summed E-state index contributed by atoms with van der Waals surface area (Å²) in [6.45, 7) is 1.86. The predicted molar refractivity (Wildman–Crippen MR) is 62.1 cm³/mol. The van der Waals surface area contributed by atoms with E-state index in [0.29, 0.717) is 0 Å². The maximum Gasteiger partial charge on any atom is 0.240 e. The summed E-state index contributed by atoms with van der Waals surface area (Å²) in [6, 6.07) is 7.83. The van der Waals surface area contributed by atoms with Gasteiger partial charge < -0.3 is 5.73 Å². The number of hydrogen-bond donors (Lipinski definition) is 1. The lowest BCUT2D eigenvalue weighted by atomic mass is 10.1. The fraction of sp³-hybridized carbons (Fsp3) is 0.100. The molecule has 1 aromatic carbocycles. The number of hydrogen-bond acceptors (Lipinski definition) is 4. The van der Waals surface area contributed by atoms with Crippen molar-refractivity contribution in [2.45, 2.75) is 6.92 Å². The number of nitrogen functional groups attached to an aromatic ring is 1. The molecule has 0 radical (unpaired) electrons. The largest absolute Gasteiger partial charge is 0.366 e. The van der Waals surface area contributed by atoms with Gasteiger partial charge in [-0.25, -0.2) is 4.98 Å². The zero-order chi connectivity index (χ0) is 10.8. The van der Waals surface area contributed by atoms with Gasteiger partial charge in [-0.2, -0.15) is 0 Å². The van der Waals surface area contributed by atoms with Gasteiger partial charge in [0, 0.05) is 10.0 Å². The van der Waals surface area contributed by atoms with Crippen LogP contribution in [0.2, 0.25) is 0 Å². The Labute approximate surface area is 95.7 Å². The second kappa shape index (κ2) is 3.94. The summed E-state index contributed by atoms with van der Waals surface area (Å²) in [6.07, 6.45) is 0. The highest BCUT2D eigenvalue weighted by Crippen LogP contribution is 2.23. The normalized spacial score (nSPS) is 10.3. The molecule has 0 fully saturated rings. The first-order valence-electron chi connectivity index (χ1n) is 4.39. The molecule has 0 aliphatic heterocycles. The van der Waals surface area contributed by atoms with Gasteiger partial charge in [0.2, 0.25) is 5.95 Å². The average Bonchev–Trinajstić information content (AvgIpc) is 2.22. The van der Waals surface area contributed by atoms with Crippen molar-refractivity contribution in [3.63, 3.8) is 0 Å². The van der Waals surface area contributed by atoms with Crippen molar-refractivity contribution in [3.05, 3.63) is 34.4 Å². The summed E-state index contributed by atoms with van der Waals surface area (Å²) < 4.78 is 0.997. The number of nitrogens with two attached hydrogens (primary N) is 1. The van der Waals surface area contributed by atoms with Gasteiger partial charge in [-0.3, -0.25) is 0 Å². The Hall–Kier alpha value is -1.49. The number of anilines is 1. The van der Waals surface area contributed by atoms with Crippen molar-refractivity contribution in [2.75, 3.05) is 5.73 Å². The first-order chi connectivity index (χ1) is 7.16. The van der Waals surface area contributed by atoms with Crippen LogP contribution >= 0.6 is 15.9 Å². The van der Waals surface area contributed by atoms with Crippen molar-refractivity contribution in [2.24, 2.45) is 0 Å². The first-order valence-corrected chi connectivity index (χ1v) is 5.19.